The Hall–Kier alpha value is -2.41. The number of thiazole rings is 1. The van der Waals surface area contributed by atoms with Crippen LogP contribution in [0.25, 0.3) is 0 Å². The number of hydrogen-bond acceptors (Lipinski definition) is 6. The summed E-state index contributed by atoms with van der Waals surface area (Å²) in [5.41, 5.74) is 2.58. The van der Waals surface area contributed by atoms with E-state index in [1.807, 2.05) is 0 Å². The van der Waals surface area contributed by atoms with E-state index in [1.54, 1.807) is 24.5 Å². The third kappa shape index (κ3) is 3.82. The molecular formula is C15H18N4O2S. The molecule has 1 heterocycles. The molecule has 1 aromatic heterocycles. The number of nitrogens with one attached hydrogen (secondary N) is 1. The van der Waals surface area contributed by atoms with E-state index >= 15 is 0 Å². The third-order valence-electron chi connectivity index (χ3n) is 3.05. The van der Waals surface area contributed by atoms with Gasteiger partial charge in [-0.05, 0) is 26.0 Å². The summed E-state index contributed by atoms with van der Waals surface area (Å²) < 4.78 is 0. The van der Waals surface area contributed by atoms with Gasteiger partial charge < -0.3 is 10.0 Å². The first-order valence-electron chi connectivity index (χ1n) is 6.97. The molecule has 0 saturated heterocycles. The van der Waals surface area contributed by atoms with Crippen molar-refractivity contribution in [2.75, 3.05) is 18.0 Å². The van der Waals surface area contributed by atoms with Crippen molar-refractivity contribution in [1.82, 2.24) is 10.4 Å². The monoisotopic (exact) mass is 318 g/mol. The van der Waals surface area contributed by atoms with E-state index in [0.717, 1.165) is 23.1 Å². The number of hydrazone groups is 1. The Bertz CT molecular complexity index is 665. The maximum absolute atomic E-state index is 11.9. The van der Waals surface area contributed by atoms with Gasteiger partial charge in [0, 0.05) is 19.3 Å². The lowest BCUT2D eigenvalue weighted by atomic mass is 10.2. The molecule has 0 aliphatic rings. The van der Waals surface area contributed by atoms with Crippen LogP contribution in [0.15, 0.2) is 35.6 Å². The highest BCUT2D eigenvalue weighted by molar-refractivity contribution is 7.17. The predicted octanol–water partition coefficient (Wildman–Crippen LogP) is 2.46. The SMILES string of the molecule is CCN(CC)c1ncc(/C=N\NC(=O)c2ccccc2O)s1. The molecule has 0 aliphatic heterocycles. The van der Waals surface area contributed by atoms with Gasteiger partial charge in [-0.25, -0.2) is 10.4 Å². The maximum atomic E-state index is 11.9. The van der Waals surface area contributed by atoms with Crippen LogP contribution >= 0.6 is 11.3 Å². The molecule has 0 unspecified atom stereocenters. The van der Waals surface area contributed by atoms with E-state index in [4.69, 9.17) is 0 Å². The van der Waals surface area contributed by atoms with Crippen LogP contribution in [-0.2, 0) is 0 Å². The minimum absolute atomic E-state index is 0.0724. The molecule has 1 amide bonds. The number of hydrogen-bond donors (Lipinski definition) is 2. The number of nitrogens with zero attached hydrogens (tertiary/aromatic N) is 3. The lowest BCUT2D eigenvalue weighted by Gasteiger charge is -2.16. The summed E-state index contributed by atoms with van der Waals surface area (Å²) in [4.78, 5) is 19.2. The van der Waals surface area contributed by atoms with Crippen LogP contribution in [-0.4, -0.2) is 35.3 Å². The van der Waals surface area contributed by atoms with Gasteiger partial charge in [-0.3, -0.25) is 4.79 Å². The molecule has 0 atom stereocenters. The van der Waals surface area contributed by atoms with E-state index < -0.39 is 5.91 Å². The zero-order valence-electron chi connectivity index (χ0n) is 12.5. The largest absolute Gasteiger partial charge is 0.507 e. The number of anilines is 1. The van der Waals surface area contributed by atoms with Crippen LogP contribution in [0.4, 0.5) is 5.13 Å². The molecule has 1 aromatic carbocycles. The number of phenolic OH excluding ortho intramolecular Hbond substituents is 1. The van der Waals surface area contributed by atoms with E-state index in [1.165, 1.54) is 23.5 Å². The summed E-state index contributed by atoms with van der Waals surface area (Å²) in [5, 5.41) is 14.4. The summed E-state index contributed by atoms with van der Waals surface area (Å²) in [6.07, 6.45) is 3.26. The summed E-state index contributed by atoms with van der Waals surface area (Å²) in [6, 6.07) is 6.32. The Kier molecular flexibility index (Phi) is 5.48. The predicted molar refractivity (Wildman–Crippen MR) is 88.8 cm³/mol. The Morgan fingerprint density at radius 1 is 1.41 bits per heavy atom. The van der Waals surface area contributed by atoms with Crippen LogP contribution < -0.4 is 10.3 Å². The topological polar surface area (TPSA) is 77.8 Å². The fourth-order valence-electron chi connectivity index (χ4n) is 1.86. The van der Waals surface area contributed by atoms with Crippen molar-refractivity contribution in [2.24, 2.45) is 5.10 Å². The van der Waals surface area contributed by atoms with Crippen molar-refractivity contribution in [2.45, 2.75) is 13.8 Å². The molecule has 0 bridgehead atoms. The smallest absolute Gasteiger partial charge is 0.275 e. The second-order valence-electron chi connectivity index (χ2n) is 4.43. The molecule has 116 valence electrons. The molecule has 0 spiro atoms. The van der Waals surface area contributed by atoms with Crippen molar-refractivity contribution < 1.29 is 9.90 Å². The van der Waals surface area contributed by atoms with Gasteiger partial charge in [0.1, 0.15) is 5.75 Å². The summed E-state index contributed by atoms with van der Waals surface area (Å²) >= 11 is 1.51. The number of benzene rings is 1. The second kappa shape index (κ2) is 7.56. The number of para-hydroxylation sites is 1. The van der Waals surface area contributed by atoms with Crippen LogP contribution in [0.3, 0.4) is 0 Å². The average molecular weight is 318 g/mol. The highest BCUT2D eigenvalue weighted by Crippen LogP contribution is 2.20. The van der Waals surface area contributed by atoms with Gasteiger partial charge in [-0.15, -0.1) is 0 Å². The first-order chi connectivity index (χ1) is 10.7. The summed E-state index contributed by atoms with van der Waals surface area (Å²) in [6.45, 7) is 5.94. The lowest BCUT2D eigenvalue weighted by Crippen LogP contribution is -2.21. The number of rotatable bonds is 6. The van der Waals surface area contributed by atoms with Crippen LogP contribution in [0, 0.1) is 0 Å². The Morgan fingerprint density at radius 3 is 2.82 bits per heavy atom. The highest BCUT2D eigenvalue weighted by Gasteiger charge is 2.09. The molecule has 0 saturated carbocycles. The normalized spacial score (nSPS) is 10.8. The van der Waals surface area contributed by atoms with Gasteiger partial charge in [0.15, 0.2) is 5.13 Å². The molecule has 2 aromatic rings. The number of carbonyl (C=O) groups is 1. The Morgan fingerprint density at radius 2 is 2.14 bits per heavy atom. The summed E-state index contributed by atoms with van der Waals surface area (Å²) in [5.74, 6) is -0.528. The molecule has 2 N–H and O–H groups in total. The molecule has 2 rings (SSSR count). The fraction of sp³-hybridized carbons (Fsp3) is 0.267. The first-order valence-corrected chi connectivity index (χ1v) is 7.79. The number of phenols is 1. The number of aromatic nitrogens is 1. The zero-order chi connectivity index (χ0) is 15.9. The van der Waals surface area contributed by atoms with Gasteiger partial charge in [0.25, 0.3) is 5.91 Å². The van der Waals surface area contributed by atoms with Gasteiger partial charge in [0.05, 0.1) is 16.7 Å². The van der Waals surface area contributed by atoms with Crippen molar-refractivity contribution in [3.05, 3.63) is 40.9 Å². The summed E-state index contributed by atoms with van der Waals surface area (Å²) in [7, 11) is 0. The molecule has 7 heteroatoms. The van der Waals surface area contributed by atoms with E-state index in [0.29, 0.717) is 0 Å². The maximum Gasteiger partial charge on any atom is 0.275 e. The Balaban J connectivity index is 1.98. The van der Waals surface area contributed by atoms with Crippen molar-refractivity contribution in [1.29, 1.82) is 0 Å². The van der Waals surface area contributed by atoms with Gasteiger partial charge >= 0.3 is 0 Å². The van der Waals surface area contributed by atoms with E-state index in [9.17, 15) is 9.90 Å². The van der Waals surface area contributed by atoms with Crippen molar-refractivity contribution in [3.8, 4) is 5.75 Å². The molecule has 22 heavy (non-hydrogen) atoms. The molecular weight excluding hydrogens is 300 g/mol. The quantitative estimate of drug-likeness (QED) is 0.633. The first kappa shape index (κ1) is 16.0. The van der Waals surface area contributed by atoms with Crippen molar-refractivity contribution in [3.63, 3.8) is 0 Å². The molecule has 6 nitrogen and oxygen atoms in total. The average Bonchev–Trinajstić information content (AvgIpc) is 2.97. The molecule has 0 aliphatic carbocycles. The number of amides is 1. The van der Waals surface area contributed by atoms with E-state index in [-0.39, 0.29) is 11.3 Å². The zero-order valence-corrected chi connectivity index (χ0v) is 13.3. The van der Waals surface area contributed by atoms with Crippen LogP contribution in [0.2, 0.25) is 0 Å². The number of aromatic hydroxyl groups is 1. The third-order valence-corrected chi connectivity index (χ3v) is 4.04. The Labute approximate surface area is 133 Å². The molecule has 0 radical (unpaired) electrons. The number of carbonyl (C=O) groups excluding carboxylic acids is 1. The molecule has 0 fully saturated rings. The van der Waals surface area contributed by atoms with Gasteiger partial charge in [-0.2, -0.15) is 5.10 Å². The lowest BCUT2D eigenvalue weighted by molar-refractivity contribution is 0.0952. The van der Waals surface area contributed by atoms with Crippen molar-refractivity contribution >= 4 is 28.6 Å². The van der Waals surface area contributed by atoms with E-state index in [2.05, 4.69) is 34.3 Å². The minimum Gasteiger partial charge on any atom is -0.507 e. The van der Waals surface area contributed by atoms with Crippen LogP contribution in [0.1, 0.15) is 29.1 Å². The second-order valence-corrected chi connectivity index (χ2v) is 5.47. The fourth-order valence-corrected chi connectivity index (χ4v) is 2.77. The van der Waals surface area contributed by atoms with Crippen LogP contribution in [0.5, 0.6) is 5.75 Å². The highest BCUT2D eigenvalue weighted by atomic mass is 32.1. The standard InChI is InChI=1S/C15H18N4O2S/c1-3-19(4-2)15-16-9-11(22-15)10-17-18-14(21)12-7-5-6-8-13(12)20/h5-10,20H,3-4H2,1-2H3,(H,18,21)/b17-10-. The van der Waals surface area contributed by atoms with Gasteiger partial charge in [0.2, 0.25) is 0 Å². The minimum atomic E-state index is -0.456. The van der Waals surface area contributed by atoms with Gasteiger partial charge in [-0.1, -0.05) is 23.5 Å².